The second-order valence-electron chi connectivity index (χ2n) is 0.575. The Kier molecular flexibility index (Phi) is 16.3. The van der Waals surface area contributed by atoms with Gasteiger partial charge in [0.25, 0.3) is 0 Å². The zero-order valence-electron chi connectivity index (χ0n) is 4.04. The van der Waals surface area contributed by atoms with Crippen LogP contribution in [0, 0.1) is 0 Å². The van der Waals surface area contributed by atoms with Gasteiger partial charge in [-0.25, -0.2) is 0 Å². The molecular weight excluding hydrogens is 179 g/mol. The molecule has 0 saturated heterocycles. The minimum atomic E-state index is -2.19. The van der Waals surface area contributed by atoms with E-state index >= 15 is 0 Å². The van der Waals surface area contributed by atoms with Crippen molar-refractivity contribution in [3.63, 3.8) is 0 Å². The molecule has 0 aliphatic carbocycles. The fourth-order valence-corrected chi connectivity index (χ4v) is 0. The zero-order chi connectivity index (χ0) is 5.15. The van der Waals surface area contributed by atoms with Crippen molar-refractivity contribution in [2.24, 2.45) is 0 Å². The van der Waals surface area contributed by atoms with E-state index < -0.39 is 11.9 Å². The zero-order valence-corrected chi connectivity index (χ0v) is 8.44. The largest absolute Gasteiger partial charge is 2.00 e. The number of aliphatic carboxylic acids is 2. The molecule has 0 aliphatic heterocycles. The van der Waals surface area contributed by atoms with E-state index in [0.29, 0.717) is 0 Å². The van der Waals surface area contributed by atoms with Gasteiger partial charge in [-0.15, -0.1) is 0 Å². The van der Waals surface area contributed by atoms with E-state index in [1.54, 1.807) is 0 Å². The van der Waals surface area contributed by atoms with Crippen molar-refractivity contribution < 1.29 is 88.5 Å². The second kappa shape index (κ2) is 8.11. The van der Waals surface area contributed by atoms with Gasteiger partial charge in [-0.05, 0) is 0 Å². The van der Waals surface area contributed by atoms with Crippen molar-refractivity contribution in [1.82, 2.24) is 0 Å². The Bertz CT molecular complexity index is 80.0. The molecule has 0 aliphatic rings. The first kappa shape index (κ1) is 16.0. The normalized spacial score (nSPS) is 5.50. The summed E-state index contributed by atoms with van der Waals surface area (Å²) in [5.41, 5.74) is 0. The van der Waals surface area contributed by atoms with Crippen LogP contribution in [0.3, 0.4) is 0 Å². The molecule has 0 heterocycles. The first-order valence-corrected chi connectivity index (χ1v) is 1.07. The molecule has 0 amide bonds. The third kappa shape index (κ3) is 10.2. The Morgan fingerprint density at radius 1 is 1.00 bits per heavy atom. The monoisotopic (exact) mass is 179 g/mol. The van der Waals surface area contributed by atoms with Gasteiger partial charge < -0.3 is 19.8 Å². The van der Waals surface area contributed by atoms with Crippen molar-refractivity contribution >= 4 is 11.9 Å². The Morgan fingerprint density at radius 3 is 1.12 bits per heavy atom. The number of hydrogen-bond acceptors (Lipinski definition) is 4. The molecule has 0 fully saturated rings. The molecule has 0 aromatic heterocycles. The summed E-state index contributed by atoms with van der Waals surface area (Å²) in [6, 6.07) is 0. The van der Waals surface area contributed by atoms with Gasteiger partial charge in [0.2, 0.25) is 0 Å². The third-order valence-corrected chi connectivity index (χ3v) is 0.167. The standard InChI is InChI=1S/C2H2O4.Cr.K/c3-1(4)2(5)6;;/h(H,3,4)(H,5,6);;/q;+2;+1/p-2. The molecule has 0 unspecified atom stereocenters. The Labute approximate surface area is 98.8 Å². The fourth-order valence-electron chi connectivity index (χ4n) is 0. The number of hydrogen-bond donors (Lipinski definition) is 0. The molecule has 0 spiro atoms. The average Bonchev–Trinajstić information content (AvgIpc) is 1.36. The third-order valence-electron chi connectivity index (χ3n) is 0.167. The molecule has 0 N–H and O–H groups in total. The first-order valence-electron chi connectivity index (χ1n) is 1.07. The van der Waals surface area contributed by atoms with Gasteiger partial charge in [0.05, 0.1) is 11.9 Å². The predicted molar refractivity (Wildman–Crippen MR) is 10.0 cm³/mol. The maximum absolute atomic E-state index is 8.93. The van der Waals surface area contributed by atoms with Crippen LogP contribution in [-0.4, -0.2) is 11.9 Å². The molecule has 0 radical (unpaired) electrons. The predicted octanol–water partition coefficient (Wildman–Crippen LogP) is -6.51. The number of carboxylic acids is 2. The van der Waals surface area contributed by atoms with E-state index in [4.69, 9.17) is 19.8 Å². The van der Waals surface area contributed by atoms with E-state index in [1.807, 2.05) is 0 Å². The van der Waals surface area contributed by atoms with Gasteiger partial charge in [0.15, 0.2) is 0 Å². The van der Waals surface area contributed by atoms with E-state index in [9.17, 15) is 0 Å². The van der Waals surface area contributed by atoms with Gasteiger partial charge in [0.1, 0.15) is 0 Å². The van der Waals surface area contributed by atoms with Crippen molar-refractivity contribution in [3.05, 3.63) is 0 Å². The molecule has 0 aromatic rings. The summed E-state index contributed by atoms with van der Waals surface area (Å²) in [6.07, 6.45) is 0. The number of carbonyl (C=O) groups excluding carboxylic acids is 2. The topological polar surface area (TPSA) is 80.3 Å². The van der Waals surface area contributed by atoms with Gasteiger partial charge in [0, 0.05) is 0 Å². The van der Waals surface area contributed by atoms with Crippen LogP contribution in [-0.2, 0) is 27.0 Å². The molecule has 0 atom stereocenters. The SMILES string of the molecule is O=C([O-])C(=O)[O-].[Cr+2].[K+]. The molecular formula is C2CrKO4+. The van der Waals surface area contributed by atoms with Crippen LogP contribution in [0.25, 0.3) is 0 Å². The van der Waals surface area contributed by atoms with Crippen molar-refractivity contribution in [1.29, 1.82) is 0 Å². The summed E-state index contributed by atoms with van der Waals surface area (Å²) in [7, 11) is 0. The van der Waals surface area contributed by atoms with Gasteiger partial charge in [-0.2, -0.15) is 0 Å². The van der Waals surface area contributed by atoms with E-state index in [2.05, 4.69) is 0 Å². The van der Waals surface area contributed by atoms with Crippen LogP contribution in [0.1, 0.15) is 0 Å². The van der Waals surface area contributed by atoms with E-state index in [-0.39, 0.29) is 68.7 Å². The quantitative estimate of drug-likeness (QED) is 0.273. The Hall–Kier alpha value is 1.11. The minimum absolute atomic E-state index is 0. The van der Waals surface area contributed by atoms with Crippen LogP contribution in [0.4, 0.5) is 0 Å². The second-order valence-corrected chi connectivity index (χ2v) is 0.575. The number of carbonyl (C=O) groups is 2. The number of rotatable bonds is 0. The smallest absolute Gasteiger partial charge is 0.543 e. The Balaban J connectivity index is -0.000000125. The van der Waals surface area contributed by atoms with Crippen LogP contribution in [0.2, 0.25) is 0 Å². The van der Waals surface area contributed by atoms with Gasteiger partial charge >= 0.3 is 68.7 Å². The maximum atomic E-state index is 8.93. The molecule has 4 nitrogen and oxygen atoms in total. The summed E-state index contributed by atoms with van der Waals surface area (Å²) in [5, 5.41) is 17.9. The van der Waals surface area contributed by atoms with Crippen LogP contribution < -0.4 is 61.6 Å². The van der Waals surface area contributed by atoms with E-state index in [0.717, 1.165) is 0 Å². The molecule has 8 heavy (non-hydrogen) atoms. The molecule has 0 saturated carbocycles. The summed E-state index contributed by atoms with van der Waals surface area (Å²) < 4.78 is 0. The van der Waals surface area contributed by atoms with Gasteiger partial charge in [-0.3, -0.25) is 0 Å². The van der Waals surface area contributed by atoms with Crippen LogP contribution in [0.15, 0.2) is 0 Å². The minimum Gasteiger partial charge on any atom is -0.543 e. The average molecular weight is 179 g/mol. The Morgan fingerprint density at radius 2 is 1.12 bits per heavy atom. The molecule has 38 valence electrons. The number of carboxylic acid groups (broad SMARTS) is 2. The van der Waals surface area contributed by atoms with Crippen molar-refractivity contribution in [3.8, 4) is 0 Å². The van der Waals surface area contributed by atoms with Crippen LogP contribution in [0.5, 0.6) is 0 Å². The summed E-state index contributed by atoms with van der Waals surface area (Å²) >= 11 is 0. The first-order chi connectivity index (χ1) is 2.64. The van der Waals surface area contributed by atoms with Crippen LogP contribution >= 0.6 is 0 Å². The maximum Gasteiger partial charge on any atom is 2.00 e. The van der Waals surface area contributed by atoms with Crippen molar-refractivity contribution in [2.45, 2.75) is 0 Å². The fraction of sp³-hybridized carbons (Fsp3) is 0. The van der Waals surface area contributed by atoms with E-state index in [1.165, 1.54) is 0 Å². The molecule has 0 rings (SSSR count). The van der Waals surface area contributed by atoms with Crippen molar-refractivity contribution in [2.75, 3.05) is 0 Å². The summed E-state index contributed by atoms with van der Waals surface area (Å²) in [4.78, 5) is 17.9. The summed E-state index contributed by atoms with van der Waals surface area (Å²) in [5.74, 6) is -4.37. The molecule has 6 heteroatoms. The molecule has 0 bridgehead atoms. The van der Waals surface area contributed by atoms with Gasteiger partial charge in [-0.1, -0.05) is 0 Å². The molecule has 0 aromatic carbocycles. The summed E-state index contributed by atoms with van der Waals surface area (Å²) in [6.45, 7) is 0.